The van der Waals surface area contributed by atoms with Crippen LogP contribution < -0.4 is 5.32 Å². The average molecular weight is 361 g/mol. The molecule has 1 fully saturated rings. The van der Waals surface area contributed by atoms with Crippen molar-refractivity contribution in [1.29, 1.82) is 0 Å². The molecule has 1 aliphatic rings. The summed E-state index contributed by atoms with van der Waals surface area (Å²) in [6.45, 7) is 0.251. The first-order valence-corrected chi connectivity index (χ1v) is 8.64. The summed E-state index contributed by atoms with van der Waals surface area (Å²) in [5.74, 6) is 2.10. The second-order valence-electron chi connectivity index (χ2n) is 6.42. The van der Waals surface area contributed by atoms with Crippen LogP contribution in [0.15, 0.2) is 47.4 Å². The highest BCUT2D eigenvalue weighted by Gasteiger charge is 2.29. The molecule has 1 saturated carbocycles. The Morgan fingerprint density at radius 3 is 3.04 bits per heavy atom. The Balaban J connectivity index is 1.34. The van der Waals surface area contributed by atoms with Crippen LogP contribution in [-0.2, 0) is 6.54 Å². The molecule has 0 radical (unpaired) electrons. The van der Waals surface area contributed by atoms with E-state index in [1.165, 1.54) is 6.20 Å². The van der Waals surface area contributed by atoms with E-state index in [4.69, 9.17) is 4.52 Å². The van der Waals surface area contributed by atoms with Gasteiger partial charge in [0.15, 0.2) is 17.3 Å². The molecule has 1 amide bonds. The maximum Gasteiger partial charge on any atom is 0.258 e. The summed E-state index contributed by atoms with van der Waals surface area (Å²) in [6.07, 6.45) is 7.21. The van der Waals surface area contributed by atoms with Gasteiger partial charge in [0.05, 0.1) is 12.1 Å². The van der Waals surface area contributed by atoms with Crippen LogP contribution in [-0.4, -0.2) is 35.6 Å². The Labute approximate surface area is 153 Å². The molecular formula is C18H15N7O2. The molecular weight excluding hydrogens is 346 g/mol. The van der Waals surface area contributed by atoms with Crippen molar-refractivity contribution in [2.24, 2.45) is 0 Å². The van der Waals surface area contributed by atoms with E-state index in [9.17, 15) is 4.79 Å². The summed E-state index contributed by atoms with van der Waals surface area (Å²) in [6, 6.07) is 7.13. The lowest BCUT2D eigenvalue weighted by Crippen LogP contribution is -2.24. The minimum atomic E-state index is -0.213. The summed E-state index contributed by atoms with van der Waals surface area (Å²) in [7, 11) is 0. The number of pyridine rings is 2. The van der Waals surface area contributed by atoms with Gasteiger partial charge in [-0.15, -0.1) is 10.2 Å². The number of nitrogens with zero attached hydrogens (tertiary/aromatic N) is 6. The Hall–Kier alpha value is -3.62. The van der Waals surface area contributed by atoms with E-state index in [1.54, 1.807) is 18.3 Å². The maximum absolute atomic E-state index is 12.1. The number of carbonyl (C=O) groups is 1. The predicted octanol–water partition coefficient (Wildman–Crippen LogP) is 1.98. The Morgan fingerprint density at radius 1 is 1.30 bits per heavy atom. The van der Waals surface area contributed by atoms with Crippen LogP contribution >= 0.6 is 0 Å². The van der Waals surface area contributed by atoms with Crippen LogP contribution in [0.1, 0.15) is 40.8 Å². The molecule has 9 heteroatoms. The van der Waals surface area contributed by atoms with E-state index >= 15 is 0 Å². The maximum atomic E-state index is 12.1. The summed E-state index contributed by atoms with van der Waals surface area (Å²) in [5, 5.41) is 15.2. The number of hydrogen-bond donors (Lipinski definition) is 1. The second-order valence-corrected chi connectivity index (χ2v) is 6.42. The van der Waals surface area contributed by atoms with E-state index in [-0.39, 0.29) is 12.5 Å². The van der Waals surface area contributed by atoms with Crippen LogP contribution in [0, 0.1) is 0 Å². The van der Waals surface area contributed by atoms with Gasteiger partial charge in [-0.1, -0.05) is 5.16 Å². The van der Waals surface area contributed by atoms with Crippen molar-refractivity contribution in [3.63, 3.8) is 0 Å². The normalized spacial score (nSPS) is 13.8. The van der Waals surface area contributed by atoms with Crippen molar-refractivity contribution >= 4 is 11.6 Å². The first-order chi connectivity index (χ1) is 13.3. The Kier molecular flexibility index (Phi) is 3.63. The van der Waals surface area contributed by atoms with E-state index < -0.39 is 0 Å². The highest BCUT2D eigenvalue weighted by molar-refractivity contribution is 5.93. The molecule has 0 bridgehead atoms. The lowest BCUT2D eigenvalue weighted by molar-refractivity contribution is 0.0949. The third kappa shape index (κ3) is 3.03. The Morgan fingerprint density at radius 2 is 2.22 bits per heavy atom. The predicted molar refractivity (Wildman–Crippen MR) is 93.7 cm³/mol. The van der Waals surface area contributed by atoms with Gasteiger partial charge in [-0.2, -0.15) is 4.98 Å². The van der Waals surface area contributed by atoms with Gasteiger partial charge in [0, 0.05) is 30.1 Å². The van der Waals surface area contributed by atoms with Gasteiger partial charge in [-0.05, 0) is 37.1 Å². The molecule has 0 saturated heterocycles. The second kappa shape index (κ2) is 6.27. The van der Waals surface area contributed by atoms with Gasteiger partial charge < -0.3 is 9.84 Å². The van der Waals surface area contributed by atoms with E-state index in [0.717, 1.165) is 24.2 Å². The third-order valence-electron chi connectivity index (χ3n) is 4.44. The molecule has 9 nitrogen and oxygen atoms in total. The minimum absolute atomic E-state index is 0.213. The largest absolute Gasteiger partial charge is 0.345 e. The van der Waals surface area contributed by atoms with Crippen molar-refractivity contribution < 1.29 is 9.32 Å². The first kappa shape index (κ1) is 15.6. The van der Waals surface area contributed by atoms with Gasteiger partial charge in [0.1, 0.15) is 0 Å². The zero-order valence-electron chi connectivity index (χ0n) is 14.2. The third-order valence-corrected chi connectivity index (χ3v) is 4.44. The summed E-state index contributed by atoms with van der Waals surface area (Å²) in [5.41, 5.74) is 1.93. The SMILES string of the molecule is O=C(NCc1nnc2cc(-c3nc(C4CC4)no3)ccn12)c1cccnc1. The fourth-order valence-corrected chi connectivity index (χ4v) is 2.81. The molecule has 0 spiro atoms. The van der Waals surface area contributed by atoms with Gasteiger partial charge in [-0.3, -0.25) is 14.2 Å². The zero-order chi connectivity index (χ0) is 18.2. The number of amides is 1. The molecule has 0 unspecified atom stereocenters. The fraction of sp³-hybridized carbons (Fsp3) is 0.222. The minimum Gasteiger partial charge on any atom is -0.345 e. The number of carbonyl (C=O) groups excluding carboxylic acids is 1. The highest BCUT2D eigenvalue weighted by atomic mass is 16.5. The first-order valence-electron chi connectivity index (χ1n) is 8.64. The summed E-state index contributed by atoms with van der Waals surface area (Å²) in [4.78, 5) is 20.5. The smallest absolute Gasteiger partial charge is 0.258 e. The lowest BCUT2D eigenvalue weighted by atomic mass is 10.2. The highest BCUT2D eigenvalue weighted by Crippen LogP contribution is 2.38. The average Bonchev–Trinajstić information content (AvgIpc) is 3.30. The van der Waals surface area contributed by atoms with Crippen LogP contribution in [0.2, 0.25) is 0 Å². The molecule has 27 heavy (non-hydrogen) atoms. The van der Waals surface area contributed by atoms with Crippen molar-refractivity contribution in [2.45, 2.75) is 25.3 Å². The lowest BCUT2D eigenvalue weighted by Gasteiger charge is -2.04. The van der Waals surface area contributed by atoms with E-state index in [0.29, 0.717) is 28.8 Å². The van der Waals surface area contributed by atoms with Gasteiger partial charge in [0.25, 0.3) is 11.8 Å². The zero-order valence-corrected chi connectivity index (χ0v) is 14.2. The topological polar surface area (TPSA) is 111 Å². The summed E-state index contributed by atoms with van der Waals surface area (Å²) >= 11 is 0. The molecule has 4 heterocycles. The molecule has 0 aliphatic heterocycles. The number of hydrogen-bond acceptors (Lipinski definition) is 7. The van der Waals surface area contributed by atoms with Crippen LogP contribution in [0.3, 0.4) is 0 Å². The van der Waals surface area contributed by atoms with Crippen molar-refractivity contribution in [3.8, 4) is 11.5 Å². The van der Waals surface area contributed by atoms with E-state index in [1.807, 2.05) is 22.7 Å². The molecule has 1 N–H and O–H groups in total. The molecule has 0 aromatic carbocycles. The number of rotatable bonds is 5. The monoisotopic (exact) mass is 361 g/mol. The standard InChI is InChI=1S/C18H15N7O2/c26-17(13-2-1-6-19-9-13)20-10-15-23-22-14-8-12(5-7-25(14)15)18-21-16(24-27-18)11-3-4-11/h1-2,5-9,11H,3-4,10H2,(H,20,26). The van der Waals surface area contributed by atoms with Crippen LogP contribution in [0.4, 0.5) is 0 Å². The quantitative estimate of drug-likeness (QED) is 0.578. The molecule has 4 aromatic rings. The van der Waals surface area contributed by atoms with Gasteiger partial charge in [-0.25, -0.2) is 0 Å². The number of aromatic nitrogens is 6. The molecule has 0 atom stereocenters. The number of nitrogens with one attached hydrogen (secondary N) is 1. The molecule has 4 aromatic heterocycles. The summed E-state index contributed by atoms with van der Waals surface area (Å²) < 4.78 is 7.16. The Bertz CT molecular complexity index is 1120. The van der Waals surface area contributed by atoms with Gasteiger partial charge in [0.2, 0.25) is 0 Å². The van der Waals surface area contributed by atoms with Crippen LogP contribution in [0.5, 0.6) is 0 Å². The molecule has 134 valence electrons. The van der Waals surface area contributed by atoms with Crippen molar-refractivity contribution in [2.75, 3.05) is 0 Å². The van der Waals surface area contributed by atoms with Crippen molar-refractivity contribution in [1.82, 2.24) is 35.0 Å². The van der Waals surface area contributed by atoms with Crippen LogP contribution in [0.25, 0.3) is 17.1 Å². The fourth-order valence-electron chi connectivity index (χ4n) is 2.81. The van der Waals surface area contributed by atoms with E-state index in [2.05, 4.69) is 30.6 Å². The molecule has 5 rings (SSSR count). The van der Waals surface area contributed by atoms with Gasteiger partial charge >= 0.3 is 0 Å². The number of fused-ring (bicyclic) bond motifs is 1. The van der Waals surface area contributed by atoms with Crippen molar-refractivity contribution in [3.05, 3.63) is 60.1 Å². The molecule has 1 aliphatic carbocycles.